The Labute approximate surface area is 94.0 Å². The molecule has 4 N–H and O–H groups in total. The molecule has 0 aliphatic carbocycles. The second kappa shape index (κ2) is 5.27. The highest BCUT2D eigenvalue weighted by Gasteiger charge is 2.15. The SMILES string of the molecule is CN(C(N)=O)c1ccccc1C(=O)CCN. The average Bonchev–Trinajstić information content (AvgIpc) is 2.28. The van der Waals surface area contributed by atoms with Crippen LogP contribution in [0.5, 0.6) is 0 Å². The van der Waals surface area contributed by atoms with E-state index in [2.05, 4.69) is 0 Å². The number of nitrogens with two attached hydrogens (primary N) is 2. The fourth-order valence-electron chi connectivity index (χ4n) is 1.39. The fourth-order valence-corrected chi connectivity index (χ4v) is 1.39. The van der Waals surface area contributed by atoms with E-state index in [4.69, 9.17) is 11.5 Å². The number of hydrogen-bond acceptors (Lipinski definition) is 3. The number of hydrogen-bond donors (Lipinski definition) is 2. The molecule has 1 aromatic rings. The number of ketones is 1. The van der Waals surface area contributed by atoms with E-state index in [1.54, 1.807) is 24.3 Å². The number of para-hydroxylation sites is 1. The molecule has 5 heteroatoms. The molecule has 0 unspecified atom stereocenters. The highest BCUT2D eigenvalue weighted by atomic mass is 16.2. The van der Waals surface area contributed by atoms with Crippen LogP contribution < -0.4 is 16.4 Å². The summed E-state index contributed by atoms with van der Waals surface area (Å²) in [4.78, 5) is 24.0. The Morgan fingerprint density at radius 1 is 1.31 bits per heavy atom. The van der Waals surface area contributed by atoms with Gasteiger partial charge < -0.3 is 11.5 Å². The summed E-state index contributed by atoms with van der Waals surface area (Å²) in [6.07, 6.45) is 0.254. The van der Waals surface area contributed by atoms with Gasteiger partial charge in [0.1, 0.15) is 0 Å². The molecule has 86 valence electrons. The Morgan fingerprint density at radius 3 is 2.50 bits per heavy atom. The van der Waals surface area contributed by atoms with Gasteiger partial charge in [-0.15, -0.1) is 0 Å². The molecule has 0 heterocycles. The van der Waals surface area contributed by atoms with Crippen LogP contribution in [0, 0.1) is 0 Å². The van der Waals surface area contributed by atoms with Gasteiger partial charge in [0.15, 0.2) is 5.78 Å². The number of anilines is 1. The van der Waals surface area contributed by atoms with Gasteiger partial charge in [-0.3, -0.25) is 9.69 Å². The Kier molecular flexibility index (Phi) is 4.02. The molecule has 1 aromatic carbocycles. The Morgan fingerprint density at radius 2 is 1.94 bits per heavy atom. The first-order valence-corrected chi connectivity index (χ1v) is 4.93. The van der Waals surface area contributed by atoms with E-state index in [0.717, 1.165) is 0 Å². The summed E-state index contributed by atoms with van der Waals surface area (Å²) in [5.41, 5.74) is 11.5. The molecule has 0 radical (unpaired) electrons. The quantitative estimate of drug-likeness (QED) is 0.734. The molecule has 1 rings (SSSR count). The number of rotatable bonds is 4. The maximum absolute atomic E-state index is 11.7. The standard InChI is InChI=1S/C11H15N3O2/c1-14(11(13)16)9-5-3-2-4-8(9)10(15)6-7-12/h2-5H,6-7,12H2,1H3,(H2,13,16). The van der Waals surface area contributed by atoms with Crippen LogP contribution in [0.3, 0.4) is 0 Å². The fraction of sp³-hybridized carbons (Fsp3) is 0.273. The summed E-state index contributed by atoms with van der Waals surface area (Å²) in [7, 11) is 1.52. The first-order chi connectivity index (χ1) is 7.57. The molecule has 0 aromatic heterocycles. The Bertz CT molecular complexity index is 404. The van der Waals surface area contributed by atoms with Crippen LogP contribution in [0.15, 0.2) is 24.3 Å². The molecule has 0 fully saturated rings. The zero-order valence-corrected chi connectivity index (χ0v) is 9.14. The van der Waals surface area contributed by atoms with Crippen LogP contribution in [0.25, 0.3) is 0 Å². The number of nitrogens with zero attached hydrogens (tertiary/aromatic N) is 1. The minimum absolute atomic E-state index is 0.0915. The Hall–Kier alpha value is -1.88. The topological polar surface area (TPSA) is 89.4 Å². The third-order valence-electron chi connectivity index (χ3n) is 2.27. The maximum Gasteiger partial charge on any atom is 0.319 e. The third-order valence-corrected chi connectivity index (χ3v) is 2.27. The van der Waals surface area contributed by atoms with E-state index < -0.39 is 6.03 Å². The zero-order valence-electron chi connectivity index (χ0n) is 9.14. The molecule has 0 aliphatic rings. The van der Waals surface area contributed by atoms with Crippen molar-refractivity contribution in [2.75, 3.05) is 18.5 Å². The Balaban J connectivity index is 3.09. The number of primary amides is 1. The van der Waals surface area contributed by atoms with Gasteiger partial charge in [-0.1, -0.05) is 12.1 Å². The van der Waals surface area contributed by atoms with Crippen molar-refractivity contribution < 1.29 is 9.59 Å². The van der Waals surface area contributed by atoms with Crippen LogP contribution >= 0.6 is 0 Å². The number of carbonyl (C=O) groups is 2. The van der Waals surface area contributed by atoms with E-state index in [9.17, 15) is 9.59 Å². The summed E-state index contributed by atoms with van der Waals surface area (Å²) in [6, 6.07) is 6.21. The molecule has 0 spiro atoms. The molecule has 16 heavy (non-hydrogen) atoms. The van der Waals surface area contributed by atoms with Gasteiger partial charge in [0, 0.05) is 19.0 Å². The van der Waals surface area contributed by atoms with Gasteiger partial charge in [0.05, 0.1) is 5.69 Å². The number of carbonyl (C=O) groups excluding carboxylic acids is 2. The number of amides is 2. The number of urea groups is 1. The van der Waals surface area contributed by atoms with Crippen LogP contribution in [-0.2, 0) is 0 Å². The predicted octanol–water partition coefficient (Wildman–Crippen LogP) is 0.733. The van der Waals surface area contributed by atoms with Gasteiger partial charge in [-0.2, -0.15) is 0 Å². The number of benzene rings is 1. The predicted molar refractivity (Wildman–Crippen MR) is 62.4 cm³/mol. The van der Waals surface area contributed by atoms with Crippen LogP contribution in [0.4, 0.5) is 10.5 Å². The zero-order chi connectivity index (χ0) is 12.1. The summed E-state index contributed by atoms with van der Waals surface area (Å²) in [5.74, 6) is -0.0915. The lowest BCUT2D eigenvalue weighted by Crippen LogP contribution is -2.33. The second-order valence-electron chi connectivity index (χ2n) is 3.38. The van der Waals surface area contributed by atoms with Crippen LogP contribution in [0.1, 0.15) is 16.8 Å². The van der Waals surface area contributed by atoms with Crippen molar-refractivity contribution in [2.45, 2.75) is 6.42 Å². The number of Topliss-reactive ketones (excluding diaryl/α,β-unsaturated/α-hetero) is 1. The molecule has 0 saturated heterocycles. The average molecular weight is 221 g/mol. The minimum Gasteiger partial charge on any atom is -0.351 e. The first kappa shape index (κ1) is 12.2. The molecule has 5 nitrogen and oxygen atoms in total. The van der Waals surface area contributed by atoms with Crippen molar-refractivity contribution in [3.8, 4) is 0 Å². The van der Waals surface area contributed by atoms with Gasteiger partial charge in [0.2, 0.25) is 0 Å². The lowest BCUT2D eigenvalue weighted by molar-refractivity contribution is 0.0986. The van der Waals surface area contributed by atoms with Gasteiger partial charge >= 0.3 is 6.03 Å². The largest absolute Gasteiger partial charge is 0.351 e. The smallest absolute Gasteiger partial charge is 0.319 e. The van der Waals surface area contributed by atoms with Crippen molar-refractivity contribution >= 4 is 17.5 Å². The summed E-state index contributed by atoms with van der Waals surface area (Å²) >= 11 is 0. The minimum atomic E-state index is -0.604. The monoisotopic (exact) mass is 221 g/mol. The first-order valence-electron chi connectivity index (χ1n) is 4.93. The van der Waals surface area contributed by atoms with E-state index >= 15 is 0 Å². The van der Waals surface area contributed by atoms with Crippen molar-refractivity contribution in [1.82, 2.24) is 0 Å². The van der Waals surface area contributed by atoms with E-state index in [1.807, 2.05) is 0 Å². The molecule has 0 bridgehead atoms. The molecule has 0 atom stereocenters. The highest BCUT2D eigenvalue weighted by Crippen LogP contribution is 2.20. The summed E-state index contributed by atoms with van der Waals surface area (Å²) in [5, 5.41) is 0. The third kappa shape index (κ3) is 2.58. The van der Waals surface area contributed by atoms with Gasteiger partial charge in [0.25, 0.3) is 0 Å². The molecule has 0 saturated carbocycles. The van der Waals surface area contributed by atoms with E-state index in [1.165, 1.54) is 11.9 Å². The molecule has 2 amide bonds. The lowest BCUT2D eigenvalue weighted by atomic mass is 10.1. The van der Waals surface area contributed by atoms with Gasteiger partial charge in [-0.05, 0) is 18.7 Å². The van der Waals surface area contributed by atoms with Crippen molar-refractivity contribution in [1.29, 1.82) is 0 Å². The van der Waals surface area contributed by atoms with Crippen molar-refractivity contribution in [3.63, 3.8) is 0 Å². The van der Waals surface area contributed by atoms with Crippen molar-refractivity contribution in [3.05, 3.63) is 29.8 Å². The summed E-state index contributed by atoms with van der Waals surface area (Å²) in [6.45, 7) is 0.285. The maximum atomic E-state index is 11.7. The normalized spacial score (nSPS) is 9.88. The van der Waals surface area contributed by atoms with E-state index in [0.29, 0.717) is 11.3 Å². The van der Waals surface area contributed by atoms with Crippen LogP contribution in [-0.4, -0.2) is 25.4 Å². The van der Waals surface area contributed by atoms with Crippen molar-refractivity contribution in [2.24, 2.45) is 11.5 Å². The molecular formula is C11H15N3O2. The molecular weight excluding hydrogens is 206 g/mol. The second-order valence-corrected chi connectivity index (χ2v) is 3.38. The lowest BCUT2D eigenvalue weighted by Gasteiger charge is -2.17. The van der Waals surface area contributed by atoms with Crippen LogP contribution in [0.2, 0.25) is 0 Å². The van der Waals surface area contributed by atoms with E-state index in [-0.39, 0.29) is 18.7 Å². The van der Waals surface area contributed by atoms with Gasteiger partial charge in [-0.25, -0.2) is 4.79 Å². The molecule has 0 aliphatic heterocycles. The highest BCUT2D eigenvalue weighted by molar-refractivity contribution is 6.05. The summed E-state index contributed by atoms with van der Waals surface area (Å²) < 4.78 is 0.